The summed E-state index contributed by atoms with van der Waals surface area (Å²) in [4.78, 5) is 16.5. The Kier molecular flexibility index (Phi) is 5.27. The standard InChI is InChI=1S/C17H21N3OS/c21-15(14-8-2-1-3-9-14)12-22-17-18-16(19-20-17)11-10-13-6-4-5-7-13/h1-3,8-9,13H,4-7,10-12H2,(H,18,19,20). The largest absolute Gasteiger partial charge is 0.293 e. The van der Waals surface area contributed by atoms with Crippen molar-refractivity contribution in [2.45, 2.75) is 43.7 Å². The molecule has 1 N–H and O–H groups in total. The van der Waals surface area contributed by atoms with Crippen molar-refractivity contribution in [2.75, 3.05) is 5.75 Å². The average Bonchev–Trinajstić information content (AvgIpc) is 3.23. The first kappa shape index (κ1) is 15.3. The second kappa shape index (κ2) is 7.58. The minimum Gasteiger partial charge on any atom is -0.293 e. The van der Waals surface area contributed by atoms with Crippen LogP contribution >= 0.6 is 11.8 Å². The Morgan fingerprint density at radius 1 is 1.23 bits per heavy atom. The molecule has 0 amide bonds. The molecule has 1 aliphatic rings. The maximum atomic E-state index is 12.0. The molecule has 4 nitrogen and oxygen atoms in total. The lowest BCUT2D eigenvalue weighted by atomic mass is 10.0. The first-order valence-corrected chi connectivity index (χ1v) is 8.92. The summed E-state index contributed by atoms with van der Waals surface area (Å²) in [6.45, 7) is 0. The summed E-state index contributed by atoms with van der Waals surface area (Å²) in [5.41, 5.74) is 0.743. The molecule has 0 spiro atoms. The lowest BCUT2D eigenvalue weighted by Crippen LogP contribution is -2.02. The number of aryl methyl sites for hydroxylation is 1. The van der Waals surface area contributed by atoms with E-state index in [0.29, 0.717) is 10.9 Å². The first-order chi connectivity index (χ1) is 10.8. The van der Waals surface area contributed by atoms with Crippen LogP contribution in [-0.4, -0.2) is 26.7 Å². The van der Waals surface area contributed by atoms with Crippen LogP contribution in [0.1, 0.15) is 48.3 Å². The summed E-state index contributed by atoms with van der Waals surface area (Å²) in [5, 5.41) is 7.87. The summed E-state index contributed by atoms with van der Waals surface area (Å²) in [7, 11) is 0. The van der Waals surface area contributed by atoms with Crippen molar-refractivity contribution in [1.29, 1.82) is 0 Å². The van der Waals surface area contributed by atoms with E-state index in [1.54, 1.807) is 0 Å². The minimum absolute atomic E-state index is 0.114. The number of thioether (sulfide) groups is 1. The third kappa shape index (κ3) is 4.19. The molecule has 1 saturated carbocycles. The van der Waals surface area contributed by atoms with Gasteiger partial charge in [0, 0.05) is 12.0 Å². The maximum absolute atomic E-state index is 12.0. The van der Waals surface area contributed by atoms with Crippen molar-refractivity contribution < 1.29 is 4.79 Å². The van der Waals surface area contributed by atoms with Gasteiger partial charge in [0.25, 0.3) is 0 Å². The topological polar surface area (TPSA) is 58.6 Å². The van der Waals surface area contributed by atoms with E-state index >= 15 is 0 Å². The van der Waals surface area contributed by atoms with E-state index in [1.807, 2.05) is 30.3 Å². The Hall–Kier alpha value is -1.62. The normalized spacial score (nSPS) is 15.3. The van der Waals surface area contributed by atoms with Gasteiger partial charge in [-0.2, -0.15) is 0 Å². The molecule has 1 heterocycles. The highest BCUT2D eigenvalue weighted by atomic mass is 32.2. The molecule has 0 saturated heterocycles. The van der Waals surface area contributed by atoms with Gasteiger partial charge in [-0.3, -0.25) is 9.89 Å². The Morgan fingerprint density at radius 2 is 2.00 bits per heavy atom. The number of nitrogens with zero attached hydrogens (tertiary/aromatic N) is 2. The SMILES string of the molecule is O=C(CSc1n[nH]c(CCC2CCCC2)n1)c1ccccc1. The predicted molar refractivity (Wildman–Crippen MR) is 88.2 cm³/mol. The summed E-state index contributed by atoms with van der Waals surface area (Å²) < 4.78 is 0. The molecule has 116 valence electrons. The smallest absolute Gasteiger partial charge is 0.208 e. The van der Waals surface area contributed by atoms with Crippen LogP contribution < -0.4 is 0 Å². The van der Waals surface area contributed by atoms with Gasteiger partial charge in [0.05, 0.1) is 5.75 Å². The molecule has 0 bridgehead atoms. The number of Topliss-reactive ketones (excluding diaryl/α,β-unsaturated/α-hetero) is 1. The van der Waals surface area contributed by atoms with Gasteiger partial charge in [-0.1, -0.05) is 67.8 Å². The molecule has 1 fully saturated rings. The molecule has 1 aromatic heterocycles. The van der Waals surface area contributed by atoms with Gasteiger partial charge in [-0.15, -0.1) is 5.10 Å². The third-order valence-corrected chi connectivity index (χ3v) is 5.05. The number of ketones is 1. The number of H-pyrrole nitrogens is 1. The molecule has 5 heteroatoms. The molecule has 0 unspecified atom stereocenters. The monoisotopic (exact) mass is 315 g/mol. The molecule has 1 aliphatic carbocycles. The van der Waals surface area contributed by atoms with Crippen LogP contribution in [0.5, 0.6) is 0 Å². The average molecular weight is 315 g/mol. The summed E-state index contributed by atoms with van der Waals surface area (Å²) in [6, 6.07) is 9.36. The van der Waals surface area contributed by atoms with Crippen LogP contribution in [0, 0.1) is 5.92 Å². The summed E-state index contributed by atoms with van der Waals surface area (Å²) in [5.74, 6) is 2.30. The van der Waals surface area contributed by atoms with Crippen LogP contribution in [-0.2, 0) is 6.42 Å². The highest BCUT2D eigenvalue weighted by molar-refractivity contribution is 7.99. The number of hydrogen-bond donors (Lipinski definition) is 1. The number of carbonyl (C=O) groups excluding carboxylic acids is 1. The number of rotatable bonds is 7. The molecule has 22 heavy (non-hydrogen) atoms. The Labute approximate surface area is 135 Å². The van der Waals surface area contributed by atoms with E-state index in [0.717, 1.165) is 23.7 Å². The highest BCUT2D eigenvalue weighted by Crippen LogP contribution is 2.28. The molecule has 1 aromatic carbocycles. The van der Waals surface area contributed by atoms with E-state index in [1.165, 1.54) is 43.9 Å². The van der Waals surface area contributed by atoms with Crippen LogP contribution in [0.4, 0.5) is 0 Å². The first-order valence-electron chi connectivity index (χ1n) is 7.93. The van der Waals surface area contributed by atoms with Gasteiger partial charge in [0.15, 0.2) is 5.78 Å². The van der Waals surface area contributed by atoms with E-state index in [4.69, 9.17) is 0 Å². The quantitative estimate of drug-likeness (QED) is 0.622. The zero-order valence-corrected chi connectivity index (χ0v) is 13.4. The number of hydrogen-bond acceptors (Lipinski definition) is 4. The fourth-order valence-corrected chi connectivity index (χ4v) is 3.64. The van der Waals surface area contributed by atoms with Crippen molar-refractivity contribution in [3.05, 3.63) is 41.7 Å². The number of nitrogens with one attached hydrogen (secondary N) is 1. The molecular formula is C17H21N3OS. The highest BCUT2D eigenvalue weighted by Gasteiger charge is 2.16. The second-order valence-corrected chi connectivity index (χ2v) is 6.77. The summed E-state index contributed by atoms with van der Waals surface area (Å²) in [6.07, 6.45) is 7.64. The predicted octanol–water partition coefficient (Wildman–Crippen LogP) is 3.90. The van der Waals surface area contributed by atoms with Crippen molar-refractivity contribution in [1.82, 2.24) is 15.2 Å². The molecule has 0 atom stereocenters. The van der Waals surface area contributed by atoms with E-state index in [2.05, 4.69) is 15.2 Å². The fraction of sp³-hybridized carbons (Fsp3) is 0.471. The van der Waals surface area contributed by atoms with Gasteiger partial charge in [-0.25, -0.2) is 4.98 Å². The molecule has 3 rings (SSSR count). The van der Waals surface area contributed by atoms with E-state index in [9.17, 15) is 4.79 Å². The van der Waals surface area contributed by atoms with Crippen LogP contribution in [0.25, 0.3) is 0 Å². The van der Waals surface area contributed by atoms with Crippen molar-refractivity contribution in [3.63, 3.8) is 0 Å². The minimum atomic E-state index is 0.114. The van der Waals surface area contributed by atoms with Crippen LogP contribution in [0.3, 0.4) is 0 Å². The Balaban J connectivity index is 1.46. The molecular weight excluding hydrogens is 294 g/mol. The van der Waals surface area contributed by atoms with Gasteiger partial charge < -0.3 is 0 Å². The van der Waals surface area contributed by atoms with E-state index < -0.39 is 0 Å². The van der Waals surface area contributed by atoms with Gasteiger partial charge in [-0.05, 0) is 12.3 Å². The van der Waals surface area contributed by atoms with Gasteiger partial charge >= 0.3 is 0 Å². The third-order valence-electron chi connectivity index (χ3n) is 4.20. The fourth-order valence-electron chi connectivity index (χ4n) is 2.93. The van der Waals surface area contributed by atoms with Crippen LogP contribution in [0.15, 0.2) is 35.5 Å². The van der Waals surface area contributed by atoms with Gasteiger partial charge in [0.1, 0.15) is 5.82 Å². The zero-order valence-electron chi connectivity index (χ0n) is 12.6. The van der Waals surface area contributed by atoms with Crippen molar-refractivity contribution >= 4 is 17.5 Å². The van der Waals surface area contributed by atoms with Crippen molar-refractivity contribution in [2.24, 2.45) is 5.92 Å². The Morgan fingerprint density at radius 3 is 2.77 bits per heavy atom. The number of aromatic nitrogens is 3. The molecule has 0 radical (unpaired) electrons. The zero-order chi connectivity index (χ0) is 15.2. The molecule has 2 aromatic rings. The lowest BCUT2D eigenvalue weighted by Gasteiger charge is -2.05. The lowest BCUT2D eigenvalue weighted by molar-refractivity contribution is 0.102. The molecule has 0 aliphatic heterocycles. The number of benzene rings is 1. The van der Waals surface area contributed by atoms with Crippen LogP contribution in [0.2, 0.25) is 0 Å². The second-order valence-electron chi connectivity index (χ2n) is 5.83. The maximum Gasteiger partial charge on any atom is 0.208 e. The number of aromatic amines is 1. The van der Waals surface area contributed by atoms with E-state index in [-0.39, 0.29) is 5.78 Å². The van der Waals surface area contributed by atoms with Crippen molar-refractivity contribution in [3.8, 4) is 0 Å². The van der Waals surface area contributed by atoms with Gasteiger partial charge in [0.2, 0.25) is 5.16 Å². The summed E-state index contributed by atoms with van der Waals surface area (Å²) >= 11 is 1.40. The number of carbonyl (C=O) groups is 1. The Bertz CT molecular complexity index is 605.